The Labute approximate surface area is 214 Å². The first-order chi connectivity index (χ1) is 16.2. The van der Waals surface area contributed by atoms with Gasteiger partial charge in [-0.05, 0) is 38.1 Å². The number of nitrogens with one attached hydrogen (secondary N) is 2. The second-order valence-electron chi connectivity index (χ2n) is 7.54. The third kappa shape index (κ3) is 4.81. The topological polar surface area (TPSA) is 92.3 Å². The maximum atomic E-state index is 12.3. The van der Waals surface area contributed by atoms with Crippen LogP contribution in [0.1, 0.15) is 25.0 Å². The molecule has 2 aromatic rings. The van der Waals surface area contributed by atoms with Gasteiger partial charge >= 0.3 is 0 Å². The lowest BCUT2D eigenvalue weighted by atomic mass is 10.0. The molecule has 0 fully saturated rings. The molecular weight excluding hydrogens is 515 g/mol. The van der Waals surface area contributed by atoms with Crippen molar-refractivity contribution in [2.75, 3.05) is 11.5 Å². The van der Waals surface area contributed by atoms with Crippen molar-refractivity contribution in [1.82, 2.24) is 10.6 Å². The molecule has 4 amide bonds. The number of imide groups is 2. The van der Waals surface area contributed by atoms with Crippen molar-refractivity contribution >= 4 is 81.5 Å². The van der Waals surface area contributed by atoms with E-state index in [4.69, 9.17) is 23.2 Å². The Hall–Kier alpha value is -2.52. The second-order valence-corrected chi connectivity index (χ2v) is 10.7. The molecule has 0 bridgehead atoms. The molecule has 174 valence electrons. The molecule has 10 heteroatoms. The van der Waals surface area contributed by atoms with Gasteiger partial charge < -0.3 is 0 Å². The van der Waals surface area contributed by atoms with Gasteiger partial charge in [0.1, 0.15) is 0 Å². The minimum Gasteiger partial charge on any atom is -0.288 e. The number of benzene rings is 2. The number of rotatable bonds is 7. The fourth-order valence-electron chi connectivity index (χ4n) is 3.68. The highest BCUT2D eigenvalue weighted by molar-refractivity contribution is 8.03. The zero-order valence-electron chi connectivity index (χ0n) is 18.1. The lowest BCUT2D eigenvalue weighted by Gasteiger charge is -2.12. The van der Waals surface area contributed by atoms with E-state index in [-0.39, 0.29) is 0 Å². The van der Waals surface area contributed by atoms with Gasteiger partial charge in [-0.2, -0.15) is 0 Å². The number of thioether (sulfide) groups is 2. The monoisotopic (exact) mass is 532 g/mol. The molecule has 2 heterocycles. The van der Waals surface area contributed by atoms with Crippen LogP contribution in [0, 0.1) is 0 Å². The van der Waals surface area contributed by atoms with Gasteiger partial charge in [-0.15, -0.1) is 23.5 Å². The van der Waals surface area contributed by atoms with E-state index < -0.39 is 23.6 Å². The molecule has 0 unspecified atom stereocenters. The molecule has 2 aliphatic rings. The standard InChI is InChI=1S/C24H18Cl2N2O4S2/c1-11-19(23(31)27-21(11)29)15-5-3-13(25)9-17(15)33-7-8-34-18-10-14(26)4-6-16(18)20-12(2)22(30)28-24(20)32/h3-6,9-10H,7-8H2,1-2H3,(H,27,29,31)(H,28,30,32). The molecule has 0 atom stereocenters. The number of carbonyl (C=O) groups excluding carboxylic acids is 4. The van der Waals surface area contributed by atoms with Crippen LogP contribution in [0.15, 0.2) is 57.3 Å². The Morgan fingerprint density at radius 2 is 1.03 bits per heavy atom. The molecule has 0 radical (unpaired) electrons. The third-order valence-electron chi connectivity index (χ3n) is 5.36. The Bertz CT molecular complexity index is 1230. The van der Waals surface area contributed by atoms with E-state index in [0.29, 0.717) is 55.0 Å². The molecule has 0 aliphatic carbocycles. The molecule has 0 saturated carbocycles. The van der Waals surface area contributed by atoms with Gasteiger partial charge in [-0.25, -0.2) is 0 Å². The highest BCUT2D eigenvalue weighted by atomic mass is 35.5. The van der Waals surface area contributed by atoms with E-state index >= 15 is 0 Å². The summed E-state index contributed by atoms with van der Waals surface area (Å²) in [5, 5.41) is 5.70. The highest BCUT2D eigenvalue weighted by Crippen LogP contribution is 2.37. The van der Waals surface area contributed by atoms with Crippen LogP contribution in [0.3, 0.4) is 0 Å². The molecule has 6 nitrogen and oxygen atoms in total. The van der Waals surface area contributed by atoms with Crippen molar-refractivity contribution in [3.8, 4) is 0 Å². The van der Waals surface area contributed by atoms with Gasteiger partial charge in [0.25, 0.3) is 23.6 Å². The Morgan fingerprint density at radius 1 is 0.647 bits per heavy atom. The average Bonchev–Trinajstić information content (AvgIpc) is 3.18. The summed E-state index contributed by atoms with van der Waals surface area (Å²) >= 11 is 15.4. The summed E-state index contributed by atoms with van der Waals surface area (Å²) in [6.45, 7) is 3.24. The molecule has 2 N–H and O–H groups in total. The summed E-state index contributed by atoms with van der Waals surface area (Å²) < 4.78 is 0. The van der Waals surface area contributed by atoms with Crippen LogP contribution in [0.2, 0.25) is 10.0 Å². The number of amides is 4. The zero-order valence-corrected chi connectivity index (χ0v) is 21.2. The fraction of sp³-hybridized carbons (Fsp3) is 0.167. The number of halogens is 2. The highest BCUT2D eigenvalue weighted by Gasteiger charge is 2.31. The van der Waals surface area contributed by atoms with Gasteiger partial charge in [-0.1, -0.05) is 35.3 Å². The van der Waals surface area contributed by atoms with Gasteiger partial charge in [0.15, 0.2) is 0 Å². The first kappa shape index (κ1) is 24.6. The SMILES string of the molecule is CC1=C(c2ccc(Cl)cc2SCCSc2cc(Cl)ccc2C2=C(C)C(=O)NC2=O)C(=O)NC1=O. The first-order valence-electron chi connectivity index (χ1n) is 10.2. The molecule has 4 rings (SSSR count). The van der Waals surface area contributed by atoms with Crippen LogP contribution >= 0.6 is 46.7 Å². The van der Waals surface area contributed by atoms with Crippen molar-refractivity contribution in [2.24, 2.45) is 0 Å². The van der Waals surface area contributed by atoms with E-state index in [1.54, 1.807) is 50.2 Å². The fourth-order valence-corrected chi connectivity index (χ4v) is 6.33. The van der Waals surface area contributed by atoms with Gasteiger partial charge in [0, 0.05) is 53.6 Å². The third-order valence-corrected chi connectivity index (χ3v) is 8.21. The number of hydrogen-bond acceptors (Lipinski definition) is 6. The molecule has 2 aromatic carbocycles. The lowest BCUT2D eigenvalue weighted by Crippen LogP contribution is -2.22. The summed E-state index contributed by atoms with van der Waals surface area (Å²) in [7, 11) is 0. The van der Waals surface area contributed by atoms with Crippen LogP contribution in [0.5, 0.6) is 0 Å². The predicted octanol–water partition coefficient (Wildman–Crippen LogP) is 4.74. The maximum absolute atomic E-state index is 12.3. The molecule has 0 saturated heterocycles. The number of carbonyl (C=O) groups is 4. The zero-order chi connectivity index (χ0) is 24.6. The Balaban J connectivity index is 1.53. The van der Waals surface area contributed by atoms with E-state index in [0.717, 1.165) is 9.79 Å². The molecule has 0 spiro atoms. The summed E-state index contributed by atoms with van der Waals surface area (Å²) in [5.74, 6) is -0.331. The van der Waals surface area contributed by atoms with E-state index in [2.05, 4.69) is 10.6 Å². The van der Waals surface area contributed by atoms with E-state index in [1.807, 2.05) is 0 Å². The summed E-state index contributed by atoms with van der Waals surface area (Å²) in [4.78, 5) is 50.0. The lowest BCUT2D eigenvalue weighted by molar-refractivity contribution is -0.125. The van der Waals surface area contributed by atoms with Crippen LogP contribution in [-0.2, 0) is 19.2 Å². The van der Waals surface area contributed by atoms with Crippen LogP contribution in [-0.4, -0.2) is 35.1 Å². The second kappa shape index (κ2) is 10.00. The quantitative estimate of drug-likeness (QED) is 0.304. The molecule has 2 aliphatic heterocycles. The predicted molar refractivity (Wildman–Crippen MR) is 136 cm³/mol. The van der Waals surface area contributed by atoms with Crippen LogP contribution in [0.25, 0.3) is 11.1 Å². The van der Waals surface area contributed by atoms with Gasteiger partial charge in [-0.3, -0.25) is 29.8 Å². The Morgan fingerprint density at radius 3 is 1.35 bits per heavy atom. The summed E-state index contributed by atoms with van der Waals surface area (Å²) in [5.41, 5.74) is 2.78. The van der Waals surface area contributed by atoms with Crippen LogP contribution in [0.4, 0.5) is 0 Å². The largest absolute Gasteiger partial charge is 0.288 e. The van der Waals surface area contributed by atoms with Crippen molar-refractivity contribution in [3.63, 3.8) is 0 Å². The van der Waals surface area contributed by atoms with Gasteiger partial charge in [0.2, 0.25) is 0 Å². The normalized spacial score (nSPS) is 16.0. The van der Waals surface area contributed by atoms with Crippen molar-refractivity contribution < 1.29 is 19.2 Å². The molecule has 0 aromatic heterocycles. The minimum absolute atomic E-state index is 0.355. The van der Waals surface area contributed by atoms with Crippen molar-refractivity contribution in [3.05, 3.63) is 68.7 Å². The Kier molecular flexibility index (Phi) is 7.23. The molecule has 34 heavy (non-hydrogen) atoms. The van der Waals surface area contributed by atoms with Gasteiger partial charge in [0.05, 0.1) is 11.1 Å². The van der Waals surface area contributed by atoms with Crippen molar-refractivity contribution in [1.29, 1.82) is 0 Å². The van der Waals surface area contributed by atoms with E-state index in [9.17, 15) is 19.2 Å². The average molecular weight is 533 g/mol. The van der Waals surface area contributed by atoms with Crippen molar-refractivity contribution in [2.45, 2.75) is 23.6 Å². The summed E-state index contributed by atoms with van der Waals surface area (Å²) in [6.07, 6.45) is 0. The number of hydrogen-bond donors (Lipinski definition) is 2. The van der Waals surface area contributed by atoms with Crippen LogP contribution < -0.4 is 10.6 Å². The maximum Gasteiger partial charge on any atom is 0.259 e. The first-order valence-corrected chi connectivity index (χ1v) is 12.9. The van der Waals surface area contributed by atoms with E-state index in [1.165, 1.54) is 23.5 Å². The molecular formula is C24H18Cl2N2O4S2. The minimum atomic E-state index is -0.419. The smallest absolute Gasteiger partial charge is 0.259 e. The summed E-state index contributed by atoms with van der Waals surface area (Å²) in [6, 6.07) is 10.4.